The minimum atomic E-state index is -0.643. The normalized spacial score (nSPS) is 17.4. The maximum absolute atomic E-state index is 11.9. The summed E-state index contributed by atoms with van der Waals surface area (Å²) in [4.78, 5) is 12.5. The third-order valence-corrected chi connectivity index (χ3v) is 8.86. The number of hydrazine groups is 1. The number of ether oxygens (including phenoxy) is 1. The molecule has 6 rings (SSSR count). The summed E-state index contributed by atoms with van der Waals surface area (Å²) in [6, 6.07) is 14.4. The van der Waals surface area contributed by atoms with Gasteiger partial charge in [-0.2, -0.15) is 0 Å². The van der Waals surface area contributed by atoms with E-state index in [2.05, 4.69) is 27.7 Å². The predicted octanol–water partition coefficient (Wildman–Crippen LogP) is 5.28. The number of aromatic nitrogens is 3. The lowest BCUT2D eigenvalue weighted by Crippen LogP contribution is -2.42. The molecule has 0 spiro atoms. The lowest BCUT2D eigenvalue weighted by molar-refractivity contribution is 0.00646. The molecule has 0 bridgehead atoms. The lowest BCUT2D eigenvalue weighted by atomic mass is 9.83. The summed E-state index contributed by atoms with van der Waals surface area (Å²) in [6.45, 7) is 9.95. The molecule has 3 aromatic heterocycles. The predicted molar refractivity (Wildman–Crippen MR) is 175 cm³/mol. The van der Waals surface area contributed by atoms with Crippen LogP contribution in [0.2, 0.25) is 0 Å². The van der Waals surface area contributed by atoms with E-state index in [-0.39, 0.29) is 5.82 Å². The van der Waals surface area contributed by atoms with Gasteiger partial charge in [-0.25, -0.2) is 15.2 Å². The van der Waals surface area contributed by atoms with Crippen LogP contribution >= 0.6 is 0 Å². The Morgan fingerprint density at radius 2 is 1.77 bits per heavy atom. The molecule has 0 atom stereocenters. The SMILES string of the molecule is C/C(N)=C(\c1cnc2c3ccc(N4CCC(C(C)(C)O)CC4)nc3n(CC3CCOCC3)c2c1)N(C)N.Fc1ccccc1. The second kappa shape index (κ2) is 13.5. The van der Waals surface area contributed by atoms with Gasteiger partial charge in [-0.3, -0.25) is 4.98 Å². The highest BCUT2D eigenvalue weighted by atomic mass is 19.1. The van der Waals surface area contributed by atoms with Crippen molar-refractivity contribution in [2.24, 2.45) is 23.4 Å². The number of rotatable bonds is 6. The molecular formula is C34H46FN7O2. The fourth-order valence-corrected chi connectivity index (χ4v) is 6.43. The van der Waals surface area contributed by atoms with E-state index in [9.17, 15) is 9.50 Å². The molecule has 0 saturated carbocycles. The zero-order valence-electron chi connectivity index (χ0n) is 26.3. The van der Waals surface area contributed by atoms with Gasteiger partial charge in [-0.15, -0.1) is 0 Å². The fourth-order valence-electron chi connectivity index (χ4n) is 6.43. The van der Waals surface area contributed by atoms with E-state index in [0.717, 1.165) is 97.7 Å². The highest BCUT2D eigenvalue weighted by Crippen LogP contribution is 2.34. The molecule has 2 saturated heterocycles. The van der Waals surface area contributed by atoms with Gasteiger partial charge in [-0.1, -0.05) is 18.2 Å². The quantitative estimate of drug-likeness (QED) is 0.201. The second-order valence-electron chi connectivity index (χ2n) is 12.7. The molecule has 2 fully saturated rings. The number of nitrogens with zero attached hydrogens (tertiary/aromatic N) is 5. The second-order valence-corrected chi connectivity index (χ2v) is 12.7. The maximum atomic E-state index is 11.9. The van der Waals surface area contributed by atoms with Gasteiger partial charge in [0.15, 0.2) is 0 Å². The summed E-state index contributed by atoms with van der Waals surface area (Å²) in [7, 11) is 1.79. The first-order valence-electron chi connectivity index (χ1n) is 15.5. The smallest absolute Gasteiger partial charge is 0.145 e. The summed E-state index contributed by atoms with van der Waals surface area (Å²) in [6.07, 6.45) is 5.84. The number of piperidine rings is 1. The van der Waals surface area contributed by atoms with Crippen LogP contribution in [0, 0.1) is 17.7 Å². The van der Waals surface area contributed by atoms with Crippen molar-refractivity contribution in [2.45, 2.75) is 58.6 Å². The Labute approximate surface area is 259 Å². The first-order valence-corrected chi connectivity index (χ1v) is 15.5. The molecule has 0 unspecified atom stereocenters. The van der Waals surface area contributed by atoms with Crippen molar-refractivity contribution in [2.75, 3.05) is 38.3 Å². The number of hydrogen-bond acceptors (Lipinski definition) is 8. The number of aliphatic hydroxyl groups is 1. The number of hydrogen-bond donors (Lipinski definition) is 3. The van der Waals surface area contributed by atoms with Gasteiger partial charge in [0.1, 0.15) is 17.3 Å². The Bertz CT molecular complexity index is 1580. The van der Waals surface area contributed by atoms with E-state index in [4.69, 9.17) is 26.3 Å². The Hall–Kier alpha value is -3.73. The Balaban J connectivity index is 0.000000484. The first-order chi connectivity index (χ1) is 21.0. The van der Waals surface area contributed by atoms with E-state index in [1.807, 2.05) is 27.0 Å². The molecule has 0 radical (unpaired) electrons. The van der Waals surface area contributed by atoms with Crippen molar-refractivity contribution in [1.29, 1.82) is 0 Å². The Morgan fingerprint density at radius 3 is 2.34 bits per heavy atom. The molecule has 44 heavy (non-hydrogen) atoms. The van der Waals surface area contributed by atoms with E-state index >= 15 is 0 Å². The van der Waals surface area contributed by atoms with Gasteiger partial charge >= 0.3 is 0 Å². The number of pyridine rings is 2. The number of allylic oxidation sites excluding steroid dienone is 1. The minimum Gasteiger partial charge on any atom is -0.401 e. The summed E-state index contributed by atoms with van der Waals surface area (Å²) >= 11 is 0. The van der Waals surface area contributed by atoms with Crippen molar-refractivity contribution in [1.82, 2.24) is 19.5 Å². The van der Waals surface area contributed by atoms with Crippen molar-refractivity contribution in [3.8, 4) is 0 Å². The van der Waals surface area contributed by atoms with E-state index in [1.165, 1.54) is 12.1 Å². The van der Waals surface area contributed by atoms with E-state index in [1.54, 1.807) is 30.3 Å². The number of fused-ring (bicyclic) bond motifs is 3. The van der Waals surface area contributed by atoms with E-state index < -0.39 is 5.60 Å². The molecule has 0 amide bonds. The van der Waals surface area contributed by atoms with Crippen LogP contribution in [0.15, 0.2) is 60.4 Å². The van der Waals surface area contributed by atoms with Gasteiger partial charge < -0.3 is 30.1 Å². The number of halogens is 1. The Morgan fingerprint density at radius 1 is 1.09 bits per heavy atom. The zero-order valence-corrected chi connectivity index (χ0v) is 26.3. The average molecular weight is 604 g/mol. The molecule has 10 heteroatoms. The number of benzene rings is 1. The molecule has 236 valence electrons. The van der Waals surface area contributed by atoms with Crippen LogP contribution in [-0.4, -0.2) is 63.6 Å². The van der Waals surface area contributed by atoms with E-state index in [0.29, 0.717) is 17.5 Å². The highest BCUT2D eigenvalue weighted by molar-refractivity contribution is 6.05. The summed E-state index contributed by atoms with van der Waals surface area (Å²) in [5.74, 6) is 7.76. The van der Waals surface area contributed by atoms with Gasteiger partial charge in [0.05, 0.1) is 22.3 Å². The number of anilines is 1. The van der Waals surface area contributed by atoms with Gasteiger partial charge in [0, 0.05) is 62.7 Å². The Kier molecular flexibility index (Phi) is 9.72. The standard InChI is InChI=1S/C28H41N7O2.C6H5F/c1-18(29)26(33(4)30)20-15-23-25(31-16-20)22-5-6-24(34-11-7-21(8-12-34)28(2,3)36)32-27(22)35(23)17-19-9-13-37-14-10-19;7-6-4-2-1-3-5-6/h5-6,15-16,19,21,36H,7-14,17,29-30H2,1-4H3;1-5H/b26-18-;. The van der Waals surface area contributed by atoms with Crippen LogP contribution in [-0.2, 0) is 11.3 Å². The molecule has 5 N–H and O–H groups in total. The van der Waals surface area contributed by atoms with Crippen LogP contribution in [0.4, 0.5) is 10.2 Å². The molecule has 4 aromatic rings. The number of nitrogens with two attached hydrogens (primary N) is 2. The van der Waals surface area contributed by atoms with Gasteiger partial charge in [-0.05, 0) is 88.6 Å². The monoisotopic (exact) mass is 603 g/mol. The maximum Gasteiger partial charge on any atom is 0.145 e. The average Bonchev–Trinajstić information content (AvgIpc) is 3.29. The largest absolute Gasteiger partial charge is 0.401 e. The molecule has 0 aliphatic carbocycles. The zero-order chi connectivity index (χ0) is 31.4. The fraction of sp³-hybridized carbons (Fsp3) is 0.471. The summed E-state index contributed by atoms with van der Waals surface area (Å²) in [5, 5.41) is 13.1. The molecule has 9 nitrogen and oxygen atoms in total. The topological polar surface area (TPSA) is 119 Å². The minimum absolute atomic E-state index is 0.178. The third-order valence-electron chi connectivity index (χ3n) is 8.86. The third kappa shape index (κ3) is 7.14. The summed E-state index contributed by atoms with van der Waals surface area (Å²) in [5.41, 5.74) is 10.8. The van der Waals surface area contributed by atoms with Crippen molar-refractivity contribution in [3.63, 3.8) is 0 Å². The van der Waals surface area contributed by atoms with Crippen LogP contribution in [0.25, 0.3) is 27.8 Å². The lowest BCUT2D eigenvalue weighted by Gasteiger charge is -2.38. The molecule has 1 aromatic carbocycles. The van der Waals surface area contributed by atoms with Crippen molar-refractivity contribution >= 4 is 33.6 Å². The van der Waals surface area contributed by atoms with Crippen LogP contribution in [0.1, 0.15) is 52.0 Å². The molecule has 2 aliphatic heterocycles. The molecular weight excluding hydrogens is 557 g/mol. The summed E-state index contributed by atoms with van der Waals surface area (Å²) < 4.78 is 19.9. The highest BCUT2D eigenvalue weighted by Gasteiger charge is 2.31. The first kappa shape index (κ1) is 31.7. The van der Waals surface area contributed by atoms with Crippen LogP contribution in [0.5, 0.6) is 0 Å². The molecule has 2 aliphatic rings. The van der Waals surface area contributed by atoms with Crippen molar-refractivity contribution in [3.05, 3.63) is 71.8 Å². The molecule has 5 heterocycles. The van der Waals surface area contributed by atoms with Crippen molar-refractivity contribution < 1.29 is 14.2 Å². The van der Waals surface area contributed by atoms with Crippen LogP contribution < -0.4 is 16.5 Å². The van der Waals surface area contributed by atoms with Gasteiger partial charge in [0.2, 0.25) is 0 Å². The van der Waals surface area contributed by atoms with Gasteiger partial charge in [0.25, 0.3) is 0 Å². The van der Waals surface area contributed by atoms with Crippen LogP contribution in [0.3, 0.4) is 0 Å².